The van der Waals surface area contributed by atoms with Crippen LogP contribution in [0.3, 0.4) is 0 Å². The first kappa shape index (κ1) is 30.6. The molecule has 39 heavy (non-hydrogen) atoms. The summed E-state index contributed by atoms with van der Waals surface area (Å²) in [6.07, 6.45) is 1.38. The molecular weight excluding hydrogens is 625 g/mol. The standard InChI is InChI=1S/C30H36IN3O4S/c1-22(2)19-32-30(36)28(18-24-8-6-5-7-9-24)33(20-25-12-10-23(3)11-13-25)29(35)21-34(39(4,37)38)27-16-14-26(31)15-17-27/h5-17,22,28H,18-21H2,1-4H3,(H,32,36). The van der Waals surface area contributed by atoms with E-state index in [2.05, 4.69) is 27.9 Å². The van der Waals surface area contributed by atoms with Gasteiger partial charge < -0.3 is 10.2 Å². The Morgan fingerprint density at radius 2 is 1.51 bits per heavy atom. The second-order valence-corrected chi connectivity index (χ2v) is 13.3. The van der Waals surface area contributed by atoms with Gasteiger partial charge in [0, 0.05) is 23.1 Å². The molecule has 3 aromatic carbocycles. The quantitative estimate of drug-likeness (QED) is 0.284. The lowest BCUT2D eigenvalue weighted by molar-refractivity contribution is -0.140. The van der Waals surface area contributed by atoms with Gasteiger partial charge in [0.1, 0.15) is 12.6 Å². The van der Waals surface area contributed by atoms with E-state index >= 15 is 0 Å². The zero-order valence-electron chi connectivity index (χ0n) is 22.8. The number of carbonyl (C=O) groups is 2. The topological polar surface area (TPSA) is 86.8 Å². The lowest BCUT2D eigenvalue weighted by Gasteiger charge is -2.33. The molecule has 1 unspecified atom stereocenters. The predicted octanol–water partition coefficient (Wildman–Crippen LogP) is 4.78. The van der Waals surface area contributed by atoms with Crippen molar-refractivity contribution >= 4 is 50.1 Å². The Morgan fingerprint density at radius 3 is 2.08 bits per heavy atom. The highest BCUT2D eigenvalue weighted by Gasteiger charge is 2.33. The van der Waals surface area contributed by atoms with Crippen LogP contribution in [0.5, 0.6) is 0 Å². The van der Waals surface area contributed by atoms with Crippen molar-refractivity contribution in [3.05, 3.63) is 99.1 Å². The Hall–Kier alpha value is -2.92. The molecule has 0 aromatic heterocycles. The molecule has 7 nitrogen and oxygen atoms in total. The average Bonchev–Trinajstić information content (AvgIpc) is 2.89. The van der Waals surface area contributed by atoms with Gasteiger partial charge in [-0.05, 0) is 70.8 Å². The number of nitrogens with one attached hydrogen (secondary N) is 1. The lowest BCUT2D eigenvalue weighted by atomic mass is 10.0. The highest BCUT2D eigenvalue weighted by atomic mass is 127. The number of anilines is 1. The minimum absolute atomic E-state index is 0.163. The summed E-state index contributed by atoms with van der Waals surface area (Å²) in [5.41, 5.74) is 3.23. The molecule has 0 radical (unpaired) electrons. The minimum atomic E-state index is -3.78. The summed E-state index contributed by atoms with van der Waals surface area (Å²) < 4.78 is 27.7. The monoisotopic (exact) mass is 661 g/mol. The first-order valence-electron chi connectivity index (χ1n) is 12.8. The van der Waals surface area contributed by atoms with Crippen molar-refractivity contribution in [1.82, 2.24) is 10.2 Å². The molecule has 1 N–H and O–H groups in total. The summed E-state index contributed by atoms with van der Waals surface area (Å²) in [4.78, 5) is 29.1. The maximum Gasteiger partial charge on any atom is 0.244 e. The van der Waals surface area contributed by atoms with Crippen LogP contribution >= 0.6 is 22.6 Å². The van der Waals surface area contributed by atoms with Crippen LogP contribution < -0.4 is 9.62 Å². The molecule has 0 spiro atoms. The predicted molar refractivity (Wildman–Crippen MR) is 165 cm³/mol. The third-order valence-corrected chi connectivity index (χ3v) is 8.08. The number of carbonyl (C=O) groups excluding carboxylic acids is 2. The Morgan fingerprint density at radius 1 is 0.897 bits per heavy atom. The molecule has 2 amide bonds. The van der Waals surface area contributed by atoms with Gasteiger partial charge in [-0.25, -0.2) is 8.42 Å². The largest absolute Gasteiger partial charge is 0.354 e. The van der Waals surface area contributed by atoms with Crippen LogP contribution in [-0.2, 0) is 32.6 Å². The van der Waals surface area contributed by atoms with Crippen LogP contribution in [0.15, 0.2) is 78.9 Å². The van der Waals surface area contributed by atoms with Gasteiger partial charge >= 0.3 is 0 Å². The van der Waals surface area contributed by atoms with Crippen LogP contribution in [0.4, 0.5) is 5.69 Å². The Balaban J connectivity index is 2.03. The van der Waals surface area contributed by atoms with Gasteiger partial charge in [0.2, 0.25) is 21.8 Å². The van der Waals surface area contributed by atoms with Gasteiger partial charge in [0.25, 0.3) is 0 Å². The third-order valence-electron chi connectivity index (χ3n) is 6.22. The third kappa shape index (κ3) is 9.35. The Kier molecular flexibility index (Phi) is 10.9. The van der Waals surface area contributed by atoms with E-state index in [1.807, 2.05) is 75.4 Å². The van der Waals surface area contributed by atoms with Crippen molar-refractivity contribution in [2.24, 2.45) is 5.92 Å². The van der Waals surface area contributed by atoms with E-state index in [0.717, 1.165) is 30.8 Å². The molecule has 0 saturated heterocycles. The number of amides is 2. The van der Waals surface area contributed by atoms with E-state index in [9.17, 15) is 18.0 Å². The van der Waals surface area contributed by atoms with E-state index in [-0.39, 0.29) is 18.4 Å². The zero-order chi connectivity index (χ0) is 28.6. The van der Waals surface area contributed by atoms with Gasteiger partial charge in [-0.1, -0.05) is 74.0 Å². The molecule has 0 heterocycles. The summed E-state index contributed by atoms with van der Waals surface area (Å²) >= 11 is 2.14. The number of halogens is 1. The van der Waals surface area contributed by atoms with Crippen LogP contribution in [0, 0.1) is 16.4 Å². The van der Waals surface area contributed by atoms with Crippen LogP contribution in [-0.4, -0.2) is 50.5 Å². The summed E-state index contributed by atoms with van der Waals surface area (Å²) in [7, 11) is -3.78. The number of aryl methyl sites for hydroxylation is 1. The minimum Gasteiger partial charge on any atom is -0.354 e. The zero-order valence-corrected chi connectivity index (χ0v) is 25.8. The number of rotatable bonds is 12. The summed E-state index contributed by atoms with van der Waals surface area (Å²) in [6.45, 7) is 6.20. The van der Waals surface area contributed by atoms with Crippen molar-refractivity contribution in [2.45, 2.75) is 39.8 Å². The lowest BCUT2D eigenvalue weighted by Crippen LogP contribution is -2.53. The highest BCUT2D eigenvalue weighted by molar-refractivity contribution is 14.1. The van der Waals surface area contributed by atoms with Crippen LogP contribution in [0.25, 0.3) is 0 Å². The van der Waals surface area contributed by atoms with Gasteiger partial charge in [0.05, 0.1) is 11.9 Å². The fourth-order valence-corrected chi connectivity index (χ4v) is 5.30. The van der Waals surface area contributed by atoms with Gasteiger partial charge in [-0.3, -0.25) is 13.9 Å². The highest BCUT2D eigenvalue weighted by Crippen LogP contribution is 2.21. The van der Waals surface area contributed by atoms with E-state index < -0.39 is 28.5 Å². The Bertz CT molecular complexity index is 1350. The molecule has 0 bridgehead atoms. The van der Waals surface area contributed by atoms with E-state index in [1.165, 1.54) is 4.90 Å². The summed E-state index contributed by atoms with van der Waals surface area (Å²) in [6, 6.07) is 23.4. The SMILES string of the molecule is Cc1ccc(CN(C(=O)CN(c2ccc(I)cc2)S(C)(=O)=O)C(Cc2ccccc2)C(=O)NCC(C)C)cc1. The number of nitrogens with zero attached hydrogens (tertiary/aromatic N) is 2. The van der Waals surface area contributed by atoms with Gasteiger partial charge in [-0.2, -0.15) is 0 Å². The summed E-state index contributed by atoms with van der Waals surface area (Å²) in [5.74, 6) is -0.498. The number of sulfonamides is 1. The van der Waals surface area contributed by atoms with E-state index in [4.69, 9.17) is 0 Å². The Labute approximate surface area is 245 Å². The second kappa shape index (κ2) is 13.9. The van der Waals surface area contributed by atoms with Crippen molar-refractivity contribution in [2.75, 3.05) is 23.7 Å². The molecule has 0 aliphatic heterocycles. The fraction of sp³-hybridized carbons (Fsp3) is 0.333. The van der Waals surface area contributed by atoms with Crippen LogP contribution in [0.1, 0.15) is 30.5 Å². The number of benzene rings is 3. The molecular formula is C30H36IN3O4S. The van der Waals surface area contributed by atoms with Crippen molar-refractivity contribution in [3.63, 3.8) is 0 Å². The molecule has 1 atom stereocenters. The van der Waals surface area contributed by atoms with E-state index in [1.54, 1.807) is 24.3 Å². The normalized spacial score (nSPS) is 12.2. The molecule has 0 fully saturated rings. The summed E-state index contributed by atoms with van der Waals surface area (Å²) in [5, 5.41) is 2.99. The van der Waals surface area contributed by atoms with Crippen LogP contribution in [0.2, 0.25) is 0 Å². The average molecular weight is 662 g/mol. The molecule has 0 saturated carbocycles. The van der Waals surface area contributed by atoms with Crippen molar-refractivity contribution < 1.29 is 18.0 Å². The fourth-order valence-electron chi connectivity index (χ4n) is 4.09. The number of hydrogen-bond donors (Lipinski definition) is 1. The molecule has 9 heteroatoms. The molecule has 0 aliphatic carbocycles. The molecule has 3 rings (SSSR count). The number of hydrogen-bond acceptors (Lipinski definition) is 4. The van der Waals surface area contributed by atoms with Crippen molar-refractivity contribution in [3.8, 4) is 0 Å². The smallest absolute Gasteiger partial charge is 0.244 e. The van der Waals surface area contributed by atoms with Crippen molar-refractivity contribution in [1.29, 1.82) is 0 Å². The maximum atomic E-state index is 14.0. The van der Waals surface area contributed by atoms with E-state index in [0.29, 0.717) is 18.7 Å². The molecule has 0 aliphatic rings. The maximum absolute atomic E-state index is 14.0. The molecule has 3 aromatic rings. The first-order valence-corrected chi connectivity index (χ1v) is 15.8. The molecule has 208 valence electrons. The first-order chi connectivity index (χ1) is 18.4. The van der Waals surface area contributed by atoms with Gasteiger partial charge in [0.15, 0.2) is 0 Å². The second-order valence-electron chi connectivity index (χ2n) is 10.1. The van der Waals surface area contributed by atoms with Gasteiger partial charge in [-0.15, -0.1) is 0 Å².